The van der Waals surface area contributed by atoms with Crippen molar-refractivity contribution in [2.75, 3.05) is 11.9 Å². The first-order chi connectivity index (χ1) is 18.3. The minimum Gasteiger partial charge on any atom is -0.352 e. The van der Waals surface area contributed by atoms with E-state index in [-0.39, 0.29) is 18.0 Å². The molecule has 4 aromatic rings. The molecule has 0 aliphatic carbocycles. The number of halogens is 1. The fourth-order valence-corrected chi connectivity index (χ4v) is 5.69. The molecule has 2 aromatic carbocycles. The number of rotatable bonds is 7. The van der Waals surface area contributed by atoms with Gasteiger partial charge in [0.15, 0.2) is 5.11 Å². The Morgan fingerprint density at radius 2 is 1.84 bits per heavy atom. The molecule has 6 nitrogen and oxygen atoms in total. The Labute approximate surface area is 233 Å². The van der Waals surface area contributed by atoms with Gasteiger partial charge in [0, 0.05) is 46.9 Å². The monoisotopic (exact) mass is 543 g/mol. The van der Waals surface area contributed by atoms with Gasteiger partial charge < -0.3 is 20.1 Å². The molecule has 0 saturated carbocycles. The van der Waals surface area contributed by atoms with E-state index in [1.807, 2.05) is 73.7 Å². The molecule has 38 heavy (non-hydrogen) atoms. The van der Waals surface area contributed by atoms with Gasteiger partial charge in [0.05, 0.1) is 17.8 Å². The predicted molar refractivity (Wildman–Crippen MR) is 157 cm³/mol. The van der Waals surface area contributed by atoms with E-state index in [0.717, 1.165) is 39.6 Å². The molecule has 0 radical (unpaired) electrons. The van der Waals surface area contributed by atoms with Crippen LogP contribution in [0.2, 0.25) is 5.02 Å². The normalized spacial score (nSPS) is 16.9. The van der Waals surface area contributed by atoms with E-state index in [1.165, 1.54) is 0 Å². The molecular formula is C30H30ClN5OS. The summed E-state index contributed by atoms with van der Waals surface area (Å²) in [5.41, 5.74) is 7.20. The lowest BCUT2D eigenvalue weighted by Crippen LogP contribution is -2.32. The summed E-state index contributed by atoms with van der Waals surface area (Å²) in [6.45, 7) is 6.70. The van der Waals surface area contributed by atoms with Gasteiger partial charge in [-0.25, -0.2) is 0 Å². The molecule has 1 amide bonds. The first-order valence-corrected chi connectivity index (χ1v) is 13.4. The Bertz CT molecular complexity index is 1470. The Morgan fingerprint density at radius 1 is 1.05 bits per heavy atom. The van der Waals surface area contributed by atoms with Crippen LogP contribution in [0, 0.1) is 20.8 Å². The number of pyridine rings is 1. The number of aryl methyl sites for hydroxylation is 2. The fourth-order valence-electron chi connectivity index (χ4n) is 5.23. The van der Waals surface area contributed by atoms with Crippen LogP contribution in [0.5, 0.6) is 0 Å². The van der Waals surface area contributed by atoms with E-state index in [4.69, 9.17) is 23.8 Å². The molecule has 1 saturated heterocycles. The van der Waals surface area contributed by atoms with Crippen molar-refractivity contribution in [2.45, 2.75) is 39.3 Å². The van der Waals surface area contributed by atoms with Crippen LogP contribution < -0.4 is 10.6 Å². The zero-order valence-corrected chi connectivity index (χ0v) is 23.2. The molecule has 2 aromatic heterocycles. The smallest absolute Gasteiger partial charge is 0.226 e. The second-order valence-electron chi connectivity index (χ2n) is 9.63. The van der Waals surface area contributed by atoms with Crippen molar-refractivity contribution in [1.29, 1.82) is 0 Å². The molecule has 5 rings (SSSR count). The standard InChI is InChI=1S/C30H30ClN5OS/c1-19-7-6-8-23(17-19)33-27(37)14-16-35-29(28(34-30(35)38)26-9-4-5-15-32-26)25-18-20(2)36(21(25)3)24-12-10-22(31)11-13-24/h4-13,15,17-18,28-29H,14,16H2,1-3H3,(H,33,37)(H,34,38)/t28-,29-/m1/s1. The molecule has 1 aliphatic rings. The molecule has 1 aliphatic heterocycles. The fraction of sp³-hybridized carbons (Fsp3) is 0.233. The minimum atomic E-state index is -0.150. The third kappa shape index (κ3) is 5.30. The van der Waals surface area contributed by atoms with Crippen LogP contribution in [-0.4, -0.2) is 32.0 Å². The number of carbonyl (C=O) groups excluding carboxylic acids is 1. The number of anilines is 1. The molecule has 194 valence electrons. The number of thiocarbonyl (C=S) groups is 1. The Hall–Kier alpha value is -3.68. The van der Waals surface area contributed by atoms with Crippen molar-refractivity contribution in [1.82, 2.24) is 19.8 Å². The molecule has 3 heterocycles. The van der Waals surface area contributed by atoms with Crippen LogP contribution >= 0.6 is 23.8 Å². The van der Waals surface area contributed by atoms with Crippen LogP contribution in [0.4, 0.5) is 5.69 Å². The molecular weight excluding hydrogens is 514 g/mol. The van der Waals surface area contributed by atoms with Crippen molar-refractivity contribution in [3.05, 3.63) is 112 Å². The molecule has 2 atom stereocenters. The van der Waals surface area contributed by atoms with Crippen molar-refractivity contribution >= 4 is 40.5 Å². The van der Waals surface area contributed by atoms with E-state index >= 15 is 0 Å². The average Bonchev–Trinajstić information content (AvgIpc) is 3.38. The number of nitrogens with zero attached hydrogens (tertiary/aromatic N) is 3. The average molecular weight is 544 g/mol. The molecule has 1 fully saturated rings. The van der Waals surface area contributed by atoms with E-state index < -0.39 is 0 Å². The molecule has 0 spiro atoms. The third-order valence-corrected chi connectivity index (χ3v) is 7.56. The van der Waals surface area contributed by atoms with Gasteiger partial charge in [0.2, 0.25) is 5.91 Å². The first-order valence-electron chi connectivity index (χ1n) is 12.6. The number of nitrogens with one attached hydrogen (secondary N) is 2. The molecule has 0 bridgehead atoms. The van der Waals surface area contributed by atoms with Crippen molar-refractivity contribution in [3.63, 3.8) is 0 Å². The predicted octanol–water partition coefficient (Wildman–Crippen LogP) is 6.45. The summed E-state index contributed by atoms with van der Waals surface area (Å²) in [6.07, 6.45) is 2.10. The number of benzene rings is 2. The van der Waals surface area contributed by atoms with Crippen LogP contribution in [0.25, 0.3) is 5.69 Å². The Balaban J connectivity index is 1.46. The van der Waals surface area contributed by atoms with Gasteiger partial charge in [-0.15, -0.1) is 0 Å². The van der Waals surface area contributed by atoms with Crippen molar-refractivity contribution < 1.29 is 4.79 Å². The summed E-state index contributed by atoms with van der Waals surface area (Å²) in [6, 6.07) is 23.5. The lowest BCUT2D eigenvalue weighted by molar-refractivity contribution is -0.116. The molecule has 8 heteroatoms. The maximum absolute atomic E-state index is 12.9. The van der Waals surface area contributed by atoms with Crippen LogP contribution in [0.3, 0.4) is 0 Å². The van der Waals surface area contributed by atoms with Gasteiger partial charge in [0.25, 0.3) is 0 Å². The largest absolute Gasteiger partial charge is 0.352 e. The van der Waals surface area contributed by atoms with E-state index in [1.54, 1.807) is 6.20 Å². The van der Waals surface area contributed by atoms with Gasteiger partial charge in [0.1, 0.15) is 0 Å². The first kappa shape index (κ1) is 25.9. The zero-order valence-electron chi connectivity index (χ0n) is 21.6. The Kier molecular flexibility index (Phi) is 7.49. The third-order valence-electron chi connectivity index (χ3n) is 6.95. The number of hydrogen-bond acceptors (Lipinski definition) is 3. The second kappa shape index (κ2) is 11.0. The lowest BCUT2D eigenvalue weighted by Gasteiger charge is -2.28. The van der Waals surface area contributed by atoms with Gasteiger partial charge in [-0.1, -0.05) is 29.8 Å². The number of hydrogen-bond donors (Lipinski definition) is 2. The summed E-state index contributed by atoms with van der Waals surface area (Å²) >= 11 is 12.0. The van der Waals surface area contributed by atoms with Gasteiger partial charge >= 0.3 is 0 Å². The number of amides is 1. The molecule has 0 unspecified atom stereocenters. The highest BCUT2D eigenvalue weighted by atomic mass is 35.5. The van der Waals surface area contributed by atoms with E-state index in [2.05, 4.69) is 45.0 Å². The van der Waals surface area contributed by atoms with Crippen LogP contribution in [0.1, 0.15) is 46.7 Å². The van der Waals surface area contributed by atoms with Crippen molar-refractivity contribution in [3.8, 4) is 5.69 Å². The number of carbonyl (C=O) groups is 1. The van der Waals surface area contributed by atoms with E-state index in [9.17, 15) is 4.79 Å². The lowest BCUT2D eigenvalue weighted by atomic mass is 9.96. The van der Waals surface area contributed by atoms with Gasteiger partial charge in [-0.3, -0.25) is 9.78 Å². The maximum Gasteiger partial charge on any atom is 0.226 e. The quantitative estimate of drug-likeness (QED) is 0.262. The highest BCUT2D eigenvalue weighted by molar-refractivity contribution is 7.80. The summed E-state index contributed by atoms with van der Waals surface area (Å²) in [5.74, 6) is -0.0509. The van der Waals surface area contributed by atoms with Crippen molar-refractivity contribution in [2.24, 2.45) is 0 Å². The van der Waals surface area contributed by atoms with Gasteiger partial charge in [-0.2, -0.15) is 0 Å². The Morgan fingerprint density at radius 3 is 2.55 bits per heavy atom. The zero-order chi connectivity index (χ0) is 26.8. The topological polar surface area (TPSA) is 62.2 Å². The summed E-state index contributed by atoms with van der Waals surface area (Å²) in [5, 5.41) is 7.82. The summed E-state index contributed by atoms with van der Waals surface area (Å²) in [4.78, 5) is 19.7. The number of aromatic nitrogens is 2. The highest BCUT2D eigenvalue weighted by Gasteiger charge is 2.41. The second-order valence-corrected chi connectivity index (χ2v) is 10.4. The van der Waals surface area contributed by atoms with Crippen LogP contribution in [0.15, 0.2) is 79.0 Å². The summed E-state index contributed by atoms with van der Waals surface area (Å²) < 4.78 is 2.23. The summed E-state index contributed by atoms with van der Waals surface area (Å²) in [7, 11) is 0. The highest BCUT2D eigenvalue weighted by Crippen LogP contribution is 2.41. The van der Waals surface area contributed by atoms with Crippen LogP contribution in [-0.2, 0) is 4.79 Å². The SMILES string of the molecule is Cc1cccc(NC(=O)CCN2C(=S)N[C@H](c3ccccn3)[C@H]2c2cc(C)n(-c3ccc(Cl)cc3)c2C)c1. The maximum atomic E-state index is 12.9. The van der Waals surface area contributed by atoms with E-state index in [0.29, 0.717) is 23.1 Å². The van der Waals surface area contributed by atoms with Gasteiger partial charge in [-0.05, 0) is 98.7 Å². The molecule has 2 N–H and O–H groups in total. The minimum absolute atomic E-state index is 0.0509.